The molecule has 1 aliphatic rings. The predicted octanol–water partition coefficient (Wildman–Crippen LogP) is 2.31. The van der Waals surface area contributed by atoms with Gasteiger partial charge in [0.05, 0.1) is 0 Å². The zero-order chi connectivity index (χ0) is 11.5. The van der Waals surface area contributed by atoms with E-state index in [1.54, 1.807) is 0 Å². The first-order valence-electron chi connectivity index (χ1n) is 6.15. The lowest BCUT2D eigenvalue weighted by molar-refractivity contribution is 0.411. The third kappa shape index (κ3) is 2.19. The fourth-order valence-electron chi connectivity index (χ4n) is 2.60. The second kappa shape index (κ2) is 4.83. The van der Waals surface area contributed by atoms with E-state index < -0.39 is 0 Å². The van der Waals surface area contributed by atoms with Crippen molar-refractivity contribution in [2.75, 3.05) is 4.90 Å². The van der Waals surface area contributed by atoms with E-state index in [1.807, 2.05) is 12.3 Å². The second-order valence-electron chi connectivity index (χ2n) is 4.76. The Morgan fingerprint density at radius 3 is 2.69 bits per heavy atom. The zero-order valence-corrected chi connectivity index (χ0v) is 10.2. The molecule has 0 bridgehead atoms. The molecule has 16 heavy (non-hydrogen) atoms. The summed E-state index contributed by atoms with van der Waals surface area (Å²) in [5.74, 6) is 1.09. The largest absolute Gasteiger partial charge is 0.351 e. The Balaban J connectivity index is 2.26. The van der Waals surface area contributed by atoms with Crippen LogP contribution < -0.4 is 10.6 Å². The van der Waals surface area contributed by atoms with Crippen LogP contribution in [0.15, 0.2) is 18.3 Å². The van der Waals surface area contributed by atoms with Gasteiger partial charge in [0, 0.05) is 24.8 Å². The topological polar surface area (TPSA) is 42.1 Å². The second-order valence-corrected chi connectivity index (χ2v) is 4.76. The third-order valence-electron chi connectivity index (χ3n) is 3.50. The molecule has 2 unspecified atom stereocenters. The fraction of sp³-hybridized carbons (Fsp3) is 0.615. The lowest BCUT2D eigenvalue weighted by atomic mass is 9.97. The number of hydrogen-bond acceptors (Lipinski definition) is 3. The molecular weight excluding hydrogens is 198 g/mol. The van der Waals surface area contributed by atoms with E-state index in [0.29, 0.717) is 18.6 Å². The van der Waals surface area contributed by atoms with Crippen LogP contribution in [0.5, 0.6) is 0 Å². The molecule has 3 heteroatoms. The van der Waals surface area contributed by atoms with Gasteiger partial charge in [-0.25, -0.2) is 4.98 Å². The van der Waals surface area contributed by atoms with Crippen LogP contribution in [-0.4, -0.2) is 17.1 Å². The van der Waals surface area contributed by atoms with Gasteiger partial charge >= 0.3 is 0 Å². The summed E-state index contributed by atoms with van der Waals surface area (Å²) < 4.78 is 0. The van der Waals surface area contributed by atoms with E-state index >= 15 is 0 Å². The van der Waals surface area contributed by atoms with Crippen molar-refractivity contribution in [1.29, 1.82) is 0 Å². The van der Waals surface area contributed by atoms with Crippen molar-refractivity contribution in [2.45, 2.75) is 51.7 Å². The molecule has 1 aromatic rings. The lowest BCUT2D eigenvalue weighted by Crippen LogP contribution is -2.44. The van der Waals surface area contributed by atoms with Gasteiger partial charge in [-0.05, 0) is 50.8 Å². The Morgan fingerprint density at radius 2 is 2.06 bits per heavy atom. The molecule has 88 valence electrons. The number of pyridine rings is 1. The van der Waals surface area contributed by atoms with Gasteiger partial charge < -0.3 is 10.6 Å². The predicted molar refractivity (Wildman–Crippen MR) is 67.4 cm³/mol. The molecule has 2 heterocycles. The van der Waals surface area contributed by atoms with Crippen molar-refractivity contribution in [3.63, 3.8) is 0 Å². The van der Waals surface area contributed by atoms with Crippen LogP contribution in [-0.2, 0) is 6.54 Å². The van der Waals surface area contributed by atoms with Crippen molar-refractivity contribution in [2.24, 2.45) is 5.73 Å². The SMILES string of the molecule is CC1CCCC(C)N1c1cc(CN)ccn1. The number of nitrogens with zero attached hydrogens (tertiary/aromatic N) is 2. The summed E-state index contributed by atoms with van der Waals surface area (Å²) in [5.41, 5.74) is 6.83. The quantitative estimate of drug-likeness (QED) is 0.830. The maximum absolute atomic E-state index is 5.67. The van der Waals surface area contributed by atoms with Gasteiger partial charge in [-0.3, -0.25) is 0 Å². The van der Waals surface area contributed by atoms with Crippen LogP contribution in [0.25, 0.3) is 0 Å². The monoisotopic (exact) mass is 219 g/mol. The molecular formula is C13H21N3. The van der Waals surface area contributed by atoms with Gasteiger partial charge in [-0.15, -0.1) is 0 Å². The normalized spacial score (nSPS) is 25.8. The molecule has 0 radical (unpaired) electrons. The standard InChI is InChI=1S/C13H21N3/c1-10-4-3-5-11(2)16(10)13-8-12(9-14)6-7-15-13/h6-8,10-11H,3-5,9,14H2,1-2H3. The van der Waals surface area contributed by atoms with Crippen LogP contribution in [0.3, 0.4) is 0 Å². The molecule has 2 atom stereocenters. The molecule has 1 fully saturated rings. The molecule has 2 rings (SSSR count). The van der Waals surface area contributed by atoms with E-state index in [0.717, 1.165) is 11.4 Å². The molecule has 3 nitrogen and oxygen atoms in total. The molecule has 0 saturated carbocycles. The molecule has 1 saturated heterocycles. The Hall–Kier alpha value is -1.09. The Bertz CT molecular complexity index is 341. The third-order valence-corrected chi connectivity index (χ3v) is 3.50. The number of rotatable bonds is 2. The fourth-order valence-corrected chi connectivity index (χ4v) is 2.60. The molecule has 2 N–H and O–H groups in total. The van der Waals surface area contributed by atoms with Gasteiger partial charge in [-0.2, -0.15) is 0 Å². The van der Waals surface area contributed by atoms with Gasteiger partial charge in [0.25, 0.3) is 0 Å². The van der Waals surface area contributed by atoms with Crippen LogP contribution in [0, 0.1) is 0 Å². The van der Waals surface area contributed by atoms with Crippen LogP contribution >= 0.6 is 0 Å². The van der Waals surface area contributed by atoms with Crippen LogP contribution in [0.1, 0.15) is 38.7 Å². The van der Waals surface area contributed by atoms with Crippen LogP contribution in [0.4, 0.5) is 5.82 Å². The maximum atomic E-state index is 5.67. The number of aromatic nitrogens is 1. The minimum atomic E-state index is 0.587. The molecule has 0 aromatic carbocycles. The summed E-state index contributed by atoms with van der Waals surface area (Å²) in [4.78, 5) is 6.92. The minimum absolute atomic E-state index is 0.587. The van der Waals surface area contributed by atoms with Crippen molar-refractivity contribution in [1.82, 2.24) is 4.98 Å². The average molecular weight is 219 g/mol. The molecule has 0 amide bonds. The smallest absolute Gasteiger partial charge is 0.129 e. The number of nitrogens with two attached hydrogens (primary N) is 1. The Morgan fingerprint density at radius 1 is 1.38 bits per heavy atom. The molecule has 0 aliphatic carbocycles. The van der Waals surface area contributed by atoms with E-state index in [4.69, 9.17) is 5.73 Å². The van der Waals surface area contributed by atoms with Crippen molar-refractivity contribution in [3.05, 3.63) is 23.9 Å². The summed E-state index contributed by atoms with van der Waals surface area (Å²) in [6, 6.07) is 5.29. The summed E-state index contributed by atoms with van der Waals surface area (Å²) in [6.07, 6.45) is 5.72. The molecule has 1 aliphatic heterocycles. The summed E-state index contributed by atoms with van der Waals surface area (Å²) >= 11 is 0. The first-order valence-corrected chi connectivity index (χ1v) is 6.15. The first-order chi connectivity index (χ1) is 7.72. The number of hydrogen-bond donors (Lipinski definition) is 1. The highest BCUT2D eigenvalue weighted by atomic mass is 15.2. The summed E-state index contributed by atoms with van der Waals surface area (Å²) in [6.45, 7) is 5.16. The van der Waals surface area contributed by atoms with Gasteiger partial charge in [-0.1, -0.05) is 0 Å². The van der Waals surface area contributed by atoms with Crippen molar-refractivity contribution < 1.29 is 0 Å². The molecule has 1 aromatic heterocycles. The Labute approximate surface area is 97.7 Å². The average Bonchev–Trinajstić information content (AvgIpc) is 2.29. The van der Waals surface area contributed by atoms with Gasteiger partial charge in [0.15, 0.2) is 0 Å². The van der Waals surface area contributed by atoms with Crippen molar-refractivity contribution in [3.8, 4) is 0 Å². The van der Waals surface area contributed by atoms with Gasteiger partial charge in [0.2, 0.25) is 0 Å². The van der Waals surface area contributed by atoms with E-state index in [2.05, 4.69) is 29.8 Å². The van der Waals surface area contributed by atoms with E-state index in [1.165, 1.54) is 19.3 Å². The number of piperidine rings is 1. The van der Waals surface area contributed by atoms with E-state index in [9.17, 15) is 0 Å². The van der Waals surface area contributed by atoms with Crippen molar-refractivity contribution >= 4 is 5.82 Å². The first kappa shape index (κ1) is 11.4. The number of anilines is 1. The van der Waals surface area contributed by atoms with Gasteiger partial charge in [0.1, 0.15) is 5.82 Å². The lowest BCUT2D eigenvalue weighted by Gasteiger charge is -2.40. The maximum Gasteiger partial charge on any atom is 0.129 e. The molecule has 0 spiro atoms. The zero-order valence-electron chi connectivity index (χ0n) is 10.2. The van der Waals surface area contributed by atoms with Crippen LogP contribution in [0.2, 0.25) is 0 Å². The summed E-state index contributed by atoms with van der Waals surface area (Å²) in [5, 5.41) is 0. The highest BCUT2D eigenvalue weighted by molar-refractivity contribution is 5.43. The minimum Gasteiger partial charge on any atom is -0.351 e. The highest BCUT2D eigenvalue weighted by Crippen LogP contribution is 2.27. The summed E-state index contributed by atoms with van der Waals surface area (Å²) in [7, 11) is 0. The highest BCUT2D eigenvalue weighted by Gasteiger charge is 2.25. The van der Waals surface area contributed by atoms with E-state index in [-0.39, 0.29) is 0 Å². The Kier molecular flexibility index (Phi) is 3.44.